The number of carboxylic acids is 1. The summed E-state index contributed by atoms with van der Waals surface area (Å²) >= 11 is 0.124. The average Bonchev–Trinajstić information content (AvgIpc) is 3.26. The molecule has 0 radical (unpaired) electrons. The summed E-state index contributed by atoms with van der Waals surface area (Å²) in [5.74, 6) is -2.80. The fraction of sp³-hybridized carbons (Fsp3) is 0.238. The zero-order valence-electron chi connectivity index (χ0n) is 23.7. The molecule has 0 unspecified atom stereocenters. The Labute approximate surface area is 327 Å². The van der Waals surface area contributed by atoms with Gasteiger partial charge in [-0.05, 0) is 24.3 Å². The van der Waals surface area contributed by atoms with Gasteiger partial charge in [-0.1, -0.05) is 7.43 Å². The number of carbonyl (C=O) groups is 1. The van der Waals surface area contributed by atoms with Gasteiger partial charge in [0.15, 0.2) is 27.8 Å². The SMILES string of the molecule is C.COc1cc(S(=O)(=O)CCOSOO[O-])c(OC)cc1N=Nc1c(C(=O)[O-])[nH]n(-c2ccc(S(=O)(=O)[O-])cc2)c1=O.[Na+].[Na+].[Na+]. The Kier molecular flexibility index (Phi) is 21.1. The molecule has 0 atom stereocenters. The van der Waals surface area contributed by atoms with E-state index in [1.54, 1.807) is 0 Å². The Hall–Kier alpha value is -0.830. The molecular weight excluding hydrogens is 697 g/mol. The van der Waals surface area contributed by atoms with Crippen LogP contribution in [-0.2, 0) is 33.5 Å². The van der Waals surface area contributed by atoms with Crippen LogP contribution in [0.4, 0.5) is 11.4 Å². The Morgan fingerprint density at radius 2 is 1.60 bits per heavy atom. The minimum absolute atomic E-state index is 0. The Bertz CT molecular complexity index is 1730. The smallest absolute Gasteiger partial charge is 0.744 e. The average molecular weight is 719 g/mol. The standard InChI is InChI=1S/C20H20N4O14S3.CH4.3Na/c1-34-14-10-16(40(29,30)8-7-36-39-38-37-28)15(35-2)9-13(14)21-22-17-18(20(26)27)23-24(19(17)25)11-3-5-12(6-4-11)41(31,32)33;;;;/h3-6,9-10,23,28H,7-8H2,1-2H3,(H,26,27)(H,31,32,33);1H4;;;/q;;3*+1/p-3. The maximum atomic E-state index is 13.0. The number of hydrogen-bond donors (Lipinski definition) is 1. The summed E-state index contributed by atoms with van der Waals surface area (Å²) in [7, 11) is -6.49. The molecule has 0 amide bonds. The molecule has 0 aliphatic rings. The minimum Gasteiger partial charge on any atom is -0.744 e. The van der Waals surface area contributed by atoms with Gasteiger partial charge in [0.1, 0.15) is 37.9 Å². The van der Waals surface area contributed by atoms with Crippen LogP contribution >= 0.6 is 12.3 Å². The monoisotopic (exact) mass is 718 g/mol. The maximum absolute atomic E-state index is 13.0. The van der Waals surface area contributed by atoms with Crippen LogP contribution in [0.25, 0.3) is 5.69 Å². The molecule has 0 aliphatic heterocycles. The normalized spacial score (nSPS) is 11.0. The van der Waals surface area contributed by atoms with E-state index in [1.165, 1.54) is 7.11 Å². The third kappa shape index (κ3) is 12.0. The molecule has 2 aromatic carbocycles. The number of sulfone groups is 1. The number of rotatable bonds is 14. The van der Waals surface area contributed by atoms with E-state index in [4.69, 9.17) is 13.7 Å². The summed E-state index contributed by atoms with van der Waals surface area (Å²) < 4.78 is 78.6. The first kappa shape index (κ1) is 46.3. The van der Waals surface area contributed by atoms with E-state index >= 15 is 0 Å². The van der Waals surface area contributed by atoms with Crippen molar-refractivity contribution in [3.63, 3.8) is 0 Å². The maximum Gasteiger partial charge on any atom is 1.00 e. The number of H-pyrrole nitrogens is 1. The zero-order valence-corrected chi connectivity index (χ0v) is 32.1. The van der Waals surface area contributed by atoms with Crippen molar-refractivity contribution in [1.29, 1.82) is 0 Å². The Morgan fingerprint density at radius 3 is 2.11 bits per heavy atom. The number of hydrogen-bond acceptors (Lipinski definition) is 17. The molecule has 24 heteroatoms. The van der Waals surface area contributed by atoms with E-state index in [0.717, 1.165) is 43.5 Å². The summed E-state index contributed by atoms with van der Waals surface area (Å²) in [6, 6.07) is 6.13. The first-order valence-corrected chi connectivity index (χ1v) is 14.3. The van der Waals surface area contributed by atoms with Gasteiger partial charge in [-0.3, -0.25) is 19.1 Å². The summed E-state index contributed by atoms with van der Waals surface area (Å²) in [5, 5.41) is 34.2. The van der Waals surface area contributed by atoms with Gasteiger partial charge in [0.05, 0.1) is 43.1 Å². The van der Waals surface area contributed by atoms with Crippen LogP contribution in [0.15, 0.2) is 61.2 Å². The van der Waals surface area contributed by atoms with Crippen molar-refractivity contribution in [2.24, 2.45) is 10.2 Å². The fourth-order valence-electron chi connectivity index (χ4n) is 3.20. The van der Waals surface area contributed by atoms with E-state index in [-0.39, 0.29) is 136 Å². The molecule has 0 aliphatic carbocycles. The molecule has 1 N–H and O–H groups in total. The van der Waals surface area contributed by atoms with Crippen LogP contribution in [0.2, 0.25) is 0 Å². The second kappa shape index (κ2) is 20.5. The van der Waals surface area contributed by atoms with E-state index in [0.29, 0.717) is 4.68 Å². The second-order valence-electron chi connectivity index (χ2n) is 7.43. The van der Waals surface area contributed by atoms with Crippen LogP contribution in [0.3, 0.4) is 0 Å². The van der Waals surface area contributed by atoms with Crippen LogP contribution in [-0.4, -0.2) is 63.7 Å². The van der Waals surface area contributed by atoms with Gasteiger partial charge in [0.25, 0.3) is 5.56 Å². The molecule has 1 heterocycles. The minimum atomic E-state index is -4.77. The van der Waals surface area contributed by atoms with E-state index in [2.05, 4.69) is 24.7 Å². The van der Waals surface area contributed by atoms with Crippen LogP contribution < -0.4 is 114 Å². The van der Waals surface area contributed by atoms with Crippen molar-refractivity contribution in [1.82, 2.24) is 9.78 Å². The quantitative estimate of drug-likeness (QED) is 0.0309. The molecule has 0 fully saturated rings. The van der Waals surface area contributed by atoms with Gasteiger partial charge in [-0.2, -0.15) is 0 Å². The Balaban J connectivity index is 0. The largest absolute Gasteiger partial charge is 1.00 e. The molecule has 230 valence electrons. The number of methoxy groups -OCH3 is 2. The van der Waals surface area contributed by atoms with Gasteiger partial charge in [0, 0.05) is 12.1 Å². The van der Waals surface area contributed by atoms with E-state index in [1.807, 2.05) is 0 Å². The number of carbonyl (C=O) groups excluding carboxylic acids is 1. The number of benzene rings is 2. The molecule has 0 saturated carbocycles. The topological polar surface area (TPSA) is 263 Å². The van der Waals surface area contributed by atoms with Crippen molar-refractivity contribution >= 4 is 49.6 Å². The number of aromatic nitrogens is 2. The van der Waals surface area contributed by atoms with Crippen molar-refractivity contribution in [2.45, 2.75) is 17.2 Å². The van der Waals surface area contributed by atoms with Gasteiger partial charge < -0.3 is 29.2 Å². The summed E-state index contributed by atoms with van der Waals surface area (Å²) in [6.45, 7) is -0.412. The number of ether oxygens (including phenoxy) is 2. The summed E-state index contributed by atoms with van der Waals surface area (Å²) in [6.07, 6.45) is 0. The summed E-state index contributed by atoms with van der Waals surface area (Å²) in [5.41, 5.74) is -2.79. The third-order valence-corrected chi connectivity index (χ3v) is 7.97. The molecule has 0 saturated heterocycles. The van der Waals surface area contributed by atoms with Crippen LogP contribution in [0.1, 0.15) is 17.9 Å². The zero-order chi connectivity index (χ0) is 30.4. The molecule has 3 aromatic rings. The predicted molar refractivity (Wildman–Crippen MR) is 137 cm³/mol. The number of nitrogens with zero attached hydrogens (tertiary/aromatic N) is 3. The summed E-state index contributed by atoms with van der Waals surface area (Å²) in [4.78, 5) is 23.7. The van der Waals surface area contributed by atoms with Crippen molar-refractivity contribution < 1.29 is 148 Å². The second-order valence-corrected chi connectivity index (χ2v) is 11.4. The van der Waals surface area contributed by atoms with Crippen LogP contribution in [0, 0.1) is 0 Å². The number of nitrogens with one attached hydrogen (secondary N) is 1. The van der Waals surface area contributed by atoms with E-state index < -0.39 is 60.1 Å². The van der Waals surface area contributed by atoms with Crippen LogP contribution in [0.5, 0.6) is 11.5 Å². The number of aromatic carboxylic acids is 1. The molecule has 3 rings (SSSR count). The number of azo groups is 1. The van der Waals surface area contributed by atoms with Crippen molar-refractivity contribution in [3.05, 3.63) is 52.4 Å². The van der Waals surface area contributed by atoms with Gasteiger partial charge in [-0.25, -0.2) is 21.5 Å². The molecule has 45 heavy (non-hydrogen) atoms. The predicted octanol–water partition coefficient (Wildman–Crippen LogP) is -8.91. The first-order valence-electron chi connectivity index (χ1n) is 10.6. The van der Waals surface area contributed by atoms with Gasteiger partial charge in [-0.15, -0.1) is 14.6 Å². The molecular formula is C21H21N4Na3O14S3. The fourth-order valence-corrected chi connectivity index (χ4v) is 5.25. The third-order valence-electron chi connectivity index (χ3n) is 5.05. The Morgan fingerprint density at radius 1 is 1.00 bits per heavy atom. The first-order chi connectivity index (χ1) is 19.3. The number of carboxylic acid groups (broad SMARTS) is 1. The van der Waals surface area contributed by atoms with Gasteiger partial charge in [0.2, 0.25) is 0 Å². The molecule has 0 spiro atoms. The molecule has 0 bridgehead atoms. The van der Waals surface area contributed by atoms with Gasteiger partial charge >= 0.3 is 88.7 Å². The molecule has 18 nitrogen and oxygen atoms in total. The van der Waals surface area contributed by atoms with E-state index in [9.17, 15) is 41.3 Å². The van der Waals surface area contributed by atoms with Crippen molar-refractivity contribution in [2.75, 3.05) is 26.6 Å². The number of aromatic amines is 1. The van der Waals surface area contributed by atoms with Crippen molar-refractivity contribution in [3.8, 4) is 17.2 Å². The molecule has 1 aromatic heterocycles.